The minimum absolute atomic E-state index is 0.160. The first-order valence-corrected chi connectivity index (χ1v) is 7.64. The summed E-state index contributed by atoms with van der Waals surface area (Å²) >= 11 is 0. The maximum atomic E-state index is 11.6. The zero-order valence-corrected chi connectivity index (χ0v) is 12.1. The van der Waals surface area contributed by atoms with E-state index in [-0.39, 0.29) is 4.90 Å². The van der Waals surface area contributed by atoms with Crippen molar-refractivity contribution in [2.45, 2.75) is 18.2 Å². The van der Waals surface area contributed by atoms with Crippen molar-refractivity contribution >= 4 is 21.4 Å². The fourth-order valence-electron chi connectivity index (χ4n) is 1.53. The normalized spacial score (nSPS) is 11.5. The molecule has 0 aliphatic carbocycles. The molecule has 0 heterocycles. The van der Waals surface area contributed by atoms with E-state index in [0.717, 1.165) is 18.7 Å². The molecule has 19 heavy (non-hydrogen) atoms. The third kappa shape index (κ3) is 4.70. The standard InChI is InChI=1S/C12H21N3O3S/c1-3-18-8-4-7-15-12-6-5-10(9-11(12)13)19(16,17)14-2/h5-6,9,14-15H,3-4,7-8,13H2,1-2H3. The molecule has 0 fully saturated rings. The Balaban J connectivity index is 2.63. The van der Waals surface area contributed by atoms with Gasteiger partial charge in [-0.2, -0.15) is 0 Å². The summed E-state index contributed by atoms with van der Waals surface area (Å²) in [5, 5.41) is 3.15. The Morgan fingerprint density at radius 2 is 2.11 bits per heavy atom. The molecule has 0 saturated carbocycles. The lowest BCUT2D eigenvalue weighted by molar-refractivity contribution is 0.147. The Labute approximate surface area is 114 Å². The molecule has 4 N–H and O–H groups in total. The van der Waals surface area contributed by atoms with Crippen LogP contribution in [0.2, 0.25) is 0 Å². The van der Waals surface area contributed by atoms with E-state index in [0.29, 0.717) is 18.9 Å². The number of hydrogen-bond acceptors (Lipinski definition) is 5. The number of anilines is 2. The molecule has 0 unspecified atom stereocenters. The lowest BCUT2D eigenvalue weighted by Crippen LogP contribution is -2.19. The molecule has 0 aromatic heterocycles. The van der Waals surface area contributed by atoms with Crippen LogP contribution in [0, 0.1) is 0 Å². The molecule has 108 valence electrons. The number of sulfonamides is 1. The predicted octanol–water partition coefficient (Wildman–Crippen LogP) is 1.02. The average molecular weight is 287 g/mol. The summed E-state index contributed by atoms with van der Waals surface area (Å²) in [7, 11) is -2.08. The van der Waals surface area contributed by atoms with E-state index in [9.17, 15) is 8.42 Å². The summed E-state index contributed by atoms with van der Waals surface area (Å²) in [6, 6.07) is 4.63. The van der Waals surface area contributed by atoms with Crippen molar-refractivity contribution in [2.24, 2.45) is 0 Å². The minimum Gasteiger partial charge on any atom is -0.397 e. The Hall–Kier alpha value is -1.31. The second-order valence-corrected chi connectivity index (χ2v) is 5.82. The third-order valence-corrected chi connectivity index (χ3v) is 4.00. The maximum Gasteiger partial charge on any atom is 0.240 e. The number of nitrogens with one attached hydrogen (secondary N) is 2. The number of hydrogen-bond donors (Lipinski definition) is 3. The van der Waals surface area contributed by atoms with Crippen LogP contribution in [0.25, 0.3) is 0 Å². The summed E-state index contributed by atoms with van der Waals surface area (Å²) in [5.41, 5.74) is 6.97. The highest BCUT2D eigenvalue weighted by Gasteiger charge is 2.12. The number of nitrogens with two attached hydrogens (primary N) is 1. The van der Waals surface area contributed by atoms with Gasteiger partial charge in [-0.25, -0.2) is 13.1 Å². The van der Waals surface area contributed by atoms with Gasteiger partial charge in [-0.3, -0.25) is 0 Å². The van der Waals surface area contributed by atoms with Gasteiger partial charge in [0.1, 0.15) is 0 Å². The second-order valence-electron chi connectivity index (χ2n) is 3.93. The quantitative estimate of drug-likeness (QED) is 0.490. The SMILES string of the molecule is CCOCCCNc1ccc(S(=O)(=O)NC)cc1N. The summed E-state index contributed by atoms with van der Waals surface area (Å²) < 4.78 is 30.7. The van der Waals surface area contributed by atoms with Crippen molar-refractivity contribution in [3.8, 4) is 0 Å². The van der Waals surface area contributed by atoms with Crippen molar-refractivity contribution in [2.75, 3.05) is 37.9 Å². The maximum absolute atomic E-state index is 11.6. The summed E-state index contributed by atoms with van der Waals surface area (Å²) in [6.07, 6.45) is 0.865. The predicted molar refractivity (Wildman–Crippen MR) is 76.7 cm³/mol. The zero-order valence-electron chi connectivity index (χ0n) is 11.3. The van der Waals surface area contributed by atoms with Crippen LogP contribution in [-0.4, -0.2) is 35.2 Å². The van der Waals surface area contributed by atoms with E-state index in [1.165, 1.54) is 19.2 Å². The molecule has 0 radical (unpaired) electrons. The smallest absolute Gasteiger partial charge is 0.240 e. The topological polar surface area (TPSA) is 93.4 Å². The molecular weight excluding hydrogens is 266 g/mol. The first-order valence-electron chi connectivity index (χ1n) is 6.16. The van der Waals surface area contributed by atoms with Crippen LogP contribution in [0.3, 0.4) is 0 Å². The molecule has 0 saturated heterocycles. The molecule has 6 nitrogen and oxygen atoms in total. The van der Waals surface area contributed by atoms with Gasteiger partial charge < -0.3 is 15.8 Å². The van der Waals surface area contributed by atoms with Crippen molar-refractivity contribution < 1.29 is 13.2 Å². The van der Waals surface area contributed by atoms with Gasteiger partial charge in [0, 0.05) is 19.8 Å². The summed E-state index contributed by atoms with van der Waals surface area (Å²) in [5.74, 6) is 0. The van der Waals surface area contributed by atoms with Gasteiger partial charge in [-0.05, 0) is 38.6 Å². The van der Waals surface area contributed by atoms with E-state index in [1.54, 1.807) is 6.07 Å². The summed E-state index contributed by atoms with van der Waals surface area (Å²) in [4.78, 5) is 0.160. The van der Waals surface area contributed by atoms with Crippen LogP contribution in [0.4, 0.5) is 11.4 Å². The first-order chi connectivity index (χ1) is 9.01. The minimum atomic E-state index is -3.45. The highest BCUT2D eigenvalue weighted by molar-refractivity contribution is 7.89. The van der Waals surface area contributed by atoms with Crippen LogP contribution in [0.15, 0.2) is 23.1 Å². The van der Waals surface area contributed by atoms with Crippen molar-refractivity contribution in [1.82, 2.24) is 4.72 Å². The molecule has 0 aliphatic heterocycles. The van der Waals surface area contributed by atoms with Crippen LogP contribution < -0.4 is 15.8 Å². The number of ether oxygens (including phenoxy) is 1. The van der Waals surface area contributed by atoms with E-state index < -0.39 is 10.0 Å². The highest BCUT2D eigenvalue weighted by atomic mass is 32.2. The molecule has 0 atom stereocenters. The lowest BCUT2D eigenvalue weighted by atomic mass is 10.2. The molecule has 0 spiro atoms. The van der Waals surface area contributed by atoms with Gasteiger partial charge in [-0.15, -0.1) is 0 Å². The van der Waals surface area contributed by atoms with Gasteiger partial charge in [0.2, 0.25) is 10.0 Å². The number of nitrogen functional groups attached to an aromatic ring is 1. The Kier molecular flexibility index (Phi) is 6.07. The Morgan fingerprint density at radius 3 is 2.68 bits per heavy atom. The van der Waals surface area contributed by atoms with Gasteiger partial charge in [0.15, 0.2) is 0 Å². The average Bonchev–Trinajstić information content (AvgIpc) is 2.40. The molecule has 0 aliphatic rings. The lowest BCUT2D eigenvalue weighted by Gasteiger charge is -2.11. The fourth-order valence-corrected chi connectivity index (χ4v) is 2.29. The number of rotatable bonds is 8. The second kappa shape index (κ2) is 7.32. The van der Waals surface area contributed by atoms with Crippen LogP contribution in [-0.2, 0) is 14.8 Å². The molecule has 1 rings (SSSR count). The van der Waals surface area contributed by atoms with Gasteiger partial charge >= 0.3 is 0 Å². The zero-order chi connectivity index (χ0) is 14.3. The molecular formula is C12H21N3O3S. The van der Waals surface area contributed by atoms with Crippen molar-refractivity contribution in [1.29, 1.82) is 0 Å². The van der Waals surface area contributed by atoms with E-state index in [1.807, 2.05) is 6.92 Å². The van der Waals surface area contributed by atoms with Gasteiger partial charge in [-0.1, -0.05) is 0 Å². The van der Waals surface area contributed by atoms with Gasteiger partial charge in [0.25, 0.3) is 0 Å². The highest BCUT2D eigenvalue weighted by Crippen LogP contribution is 2.22. The molecule has 1 aromatic carbocycles. The fraction of sp³-hybridized carbons (Fsp3) is 0.500. The van der Waals surface area contributed by atoms with Crippen molar-refractivity contribution in [3.05, 3.63) is 18.2 Å². The molecule has 0 bridgehead atoms. The molecule has 0 amide bonds. The van der Waals surface area contributed by atoms with Crippen LogP contribution in [0.5, 0.6) is 0 Å². The molecule has 1 aromatic rings. The Morgan fingerprint density at radius 1 is 1.37 bits per heavy atom. The monoisotopic (exact) mass is 287 g/mol. The largest absolute Gasteiger partial charge is 0.397 e. The van der Waals surface area contributed by atoms with E-state index >= 15 is 0 Å². The Bertz CT molecular complexity index is 503. The molecule has 7 heteroatoms. The van der Waals surface area contributed by atoms with E-state index in [2.05, 4.69) is 10.0 Å². The van der Waals surface area contributed by atoms with E-state index in [4.69, 9.17) is 10.5 Å². The van der Waals surface area contributed by atoms with Crippen LogP contribution in [0.1, 0.15) is 13.3 Å². The third-order valence-electron chi connectivity index (χ3n) is 2.59. The van der Waals surface area contributed by atoms with Gasteiger partial charge in [0.05, 0.1) is 16.3 Å². The van der Waals surface area contributed by atoms with Crippen LogP contribution >= 0.6 is 0 Å². The number of benzene rings is 1. The van der Waals surface area contributed by atoms with Crippen molar-refractivity contribution in [3.63, 3.8) is 0 Å². The summed E-state index contributed by atoms with van der Waals surface area (Å²) in [6.45, 7) is 4.07. The first kappa shape index (κ1) is 15.7.